The topological polar surface area (TPSA) is 88.2 Å². The normalized spacial score (nSPS) is 18.1. The van der Waals surface area contributed by atoms with Gasteiger partial charge >= 0.3 is 5.97 Å². The van der Waals surface area contributed by atoms with Crippen LogP contribution in [0.25, 0.3) is 0 Å². The summed E-state index contributed by atoms with van der Waals surface area (Å²) in [6, 6.07) is 0. The summed E-state index contributed by atoms with van der Waals surface area (Å²) in [5.74, 6) is -0.480. The Morgan fingerprint density at radius 3 is 2.72 bits per heavy atom. The van der Waals surface area contributed by atoms with Gasteiger partial charge in [-0.15, -0.1) is 5.10 Å². The first-order chi connectivity index (χ1) is 8.58. The summed E-state index contributed by atoms with van der Waals surface area (Å²) >= 11 is 0. The lowest BCUT2D eigenvalue weighted by molar-refractivity contribution is 0.0689. The number of nitrogens with zero attached hydrogens (tertiary/aromatic N) is 3. The predicted octanol–water partition coefficient (Wildman–Crippen LogP) is 1.23. The molecular formula is C12H19N3O3. The molecule has 1 aliphatic rings. The minimum Gasteiger partial charge on any atom is -0.476 e. The number of aromatic nitrogens is 3. The maximum Gasteiger partial charge on any atom is 0.358 e. The Labute approximate surface area is 106 Å². The first-order valence-electron chi connectivity index (χ1n) is 6.39. The third-order valence-corrected chi connectivity index (χ3v) is 3.65. The average Bonchev–Trinajstić information content (AvgIpc) is 2.90. The fraction of sp³-hybridized carbons (Fsp3) is 0.750. The zero-order valence-corrected chi connectivity index (χ0v) is 10.5. The average molecular weight is 253 g/mol. The van der Waals surface area contributed by atoms with Crippen molar-refractivity contribution in [3.05, 3.63) is 11.4 Å². The van der Waals surface area contributed by atoms with Crippen molar-refractivity contribution < 1.29 is 15.0 Å². The van der Waals surface area contributed by atoms with Crippen LogP contribution in [0.2, 0.25) is 0 Å². The van der Waals surface area contributed by atoms with E-state index in [1.54, 1.807) is 6.92 Å². The van der Waals surface area contributed by atoms with Crippen LogP contribution in [0, 0.1) is 12.8 Å². The van der Waals surface area contributed by atoms with Crippen molar-refractivity contribution in [1.82, 2.24) is 15.0 Å². The molecular weight excluding hydrogens is 234 g/mol. The molecule has 1 unspecified atom stereocenters. The molecule has 6 heteroatoms. The molecule has 0 amide bonds. The quantitative estimate of drug-likeness (QED) is 0.823. The molecule has 100 valence electrons. The molecule has 1 saturated carbocycles. The van der Waals surface area contributed by atoms with Crippen LogP contribution in [0.5, 0.6) is 0 Å². The first-order valence-corrected chi connectivity index (χ1v) is 6.39. The Balaban J connectivity index is 1.94. The fourth-order valence-electron chi connectivity index (χ4n) is 2.64. The number of carbonyl (C=O) groups is 1. The van der Waals surface area contributed by atoms with Crippen LogP contribution in [-0.2, 0) is 6.54 Å². The summed E-state index contributed by atoms with van der Waals surface area (Å²) < 4.78 is 1.48. The van der Waals surface area contributed by atoms with Crippen molar-refractivity contribution in [2.45, 2.75) is 51.7 Å². The third-order valence-electron chi connectivity index (χ3n) is 3.65. The smallest absolute Gasteiger partial charge is 0.358 e. The minimum absolute atomic E-state index is 0.0388. The number of aliphatic hydroxyl groups is 1. The van der Waals surface area contributed by atoms with Crippen molar-refractivity contribution in [2.75, 3.05) is 0 Å². The van der Waals surface area contributed by atoms with Crippen LogP contribution in [0.1, 0.15) is 48.3 Å². The monoisotopic (exact) mass is 253 g/mol. The molecule has 0 spiro atoms. The molecule has 0 aliphatic heterocycles. The number of hydrogen-bond donors (Lipinski definition) is 2. The van der Waals surface area contributed by atoms with E-state index in [0.29, 0.717) is 18.2 Å². The summed E-state index contributed by atoms with van der Waals surface area (Å²) in [5, 5.41) is 26.2. The Hall–Kier alpha value is -1.43. The standard InChI is InChI=1S/C12H19N3O3/c1-8-11(12(17)18)13-14-15(8)7-10(16)6-9-4-2-3-5-9/h9-10,16H,2-7H2,1H3,(H,17,18). The minimum atomic E-state index is -1.08. The van der Waals surface area contributed by atoms with Crippen LogP contribution in [0.15, 0.2) is 0 Å². The van der Waals surface area contributed by atoms with E-state index < -0.39 is 12.1 Å². The predicted molar refractivity (Wildman–Crippen MR) is 64.3 cm³/mol. The number of carboxylic acids is 1. The number of hydrogen-bond acceptors (Lipinski definition) is 4. The molecule has 1 fully saturated rings. The maximum atomic E-state index is 10.8. The second kappa shape index (κ2) is 5.48. The zero-order valence-electron chi connectivity index (χ0n) is 10.5. The first kappa shape index (κ1) is 13.0. The van der Waals surface area contributed by atoms with Crippen LogP contribution in [0.3, 0.4) is 0 Å². The van der Waals surface area contributed by atoms with E-state index in [0.717, 1.165) is 6.42 Å². The Morgan fingerprint density at radius 1 is 1.50 bits per heavy atom. The van der Waals surface area contributed by atoms with Crippen molar-refractivity contribution in [2.24, 2.45) is 5.92 Å². The van der Waals surface area contributed by atoms with Crippen LogP contribution >= 0.6 is 0 Å². The summed E-state index contributed by atoms with van der Waals surface area (Å²) in [5.41, 5.74) is 0.455. The maximum absolute atomic E-state index is 10.8. The van der Waals surface area contributed by atoms with E-state index >= 15 is 0 Å². The van der Waals surface area contributed by atoms with Gasteiger partial charge in [0.25, 0.3) is 0 Å². The van der Waals surface area contributed by atoms with E-state index in [-0.39, 0.29) is 5.69 Å². The molecule has 1 atom stereocenters. The Morgan fingerprint density at radius 2 is 2.17 bits per heavy atom. The molecule has 1 aromatic rings. The molecule has 1 heterocycles. The lowest BCUT2D eigenvalue weighted by atomic mass is 10.00. The number of carboxylic acid groups (broad SMARTS) is 1. The highest BCUT2D eigenvalue weighted by Gasteiger charge is 2.21. The van der Waals surface area contributed by atoms with Crippen molar-refractivity contribution >= 4 is 5.97 Å². The number of aromatic carboxylic acids is 1. The van der Waals surface area contributed by atoms with Gasteiger partial charge in [-0.25, -0.2) is 9.48 Å². The molecule has 2 N–H and O–H groups in total. The highest BCUT2D eigenvalue weighted by molar-refractivity contribution is 5.86. The summed E-state index contributed by atoms with van der Waals surface area (Å²) in [6.45, 7) is 1.98. The van der Waals surface area contributed by atoms with Crippen LogP contribution < -0.4 is 0 Å². The number of rotatable bonds is 5. The van der Waals surface area contributed by atoms with Gasteiger partial charge in [-0.1, -0.05) is 30.9 Å². The van der Waals surface area contributed by atoms with Gasteiger partial charge < -0.3 is 10.2 Å². The highest BCUT2D eigenvalue weighted by atomic mass is 16.4. The molecule has 1 aliphatic carbocycles. The highest BCUT2D eigenvalue weighted by Crippen LogP contribution is 2.28. The van der Waals surface area contributed by atoms with Gasteiger partial charge in [0, 0.05) is 0 Å². The van der Waals surface area contributed by atoms with Crippen molar-refractivity contribution in [3.8, 4) is 0 Å². The lowest BCUT2D eigenvalue weighted by Crippen LogP contribution is -2.20. The van der Waals surface area contributed by atoms with E-state index in [1.165, 1.54) is 30.4 Å². The second-order valence-corrected chi connectivity index (χ2v) is 5.05. The van der Waals surface area contributed by atoms with Crippen molar-refractivity contribution in [3.63, 3.8) is 0 Å². The molecule has 0 radical (unpaired) electrons. The molecule has 6 nitrogen and oxygen atoms in total. The molecule has 0 bridgehead atoms. The van der Waals surface area contributed by atoms with Gasteiger partial charge in [-0.2, -0.15) is 0 Å². The molecule has 0 aromatic carbocycles. The van der Waals surface area contributed by atoms with E-state index in [4.69, 9.17) is 5.11 Å². The molecule has 1 aromatic heterocycles. The summed E-state index contributed by atoms with van der Waals surface area (Å²) in [7, 11) is 0. The summed E-state index contributed by atoms with van der Waals surface area (Å²) in [6.07, 6.45) is 5.17. The molecule has 2 rings (SSSR count). The second-order valence-electron chi connectivity index (χ2n) is 5.05. The van der Waals surface area contributed by atoms with Gasteiger partial charge in [0.05, 0.1) is 18.3 Å². The number of aliphatic hydroxyl groups excluding tert-OH is 1. The molecule has 18 heavy (non-hydrogen) atoms. The van der Waals surface area contributed by atoms with Gasteiger partial charge in [0.1, 0.15) is 0 Å². The van der Waals surface area contributed by atoms with Gasteiger partial charge in [-0.05, 0) is 19.3 Å². The van der Waals surface area contributed by atoms with Gasteiger partial charge in [0.2, 0.25) is 0 Å². The SMILES string of the molecule is Cc1c(C(=O)O)nnn1CC(O)CC1CCCC1. The van der Waals surface area contributed by atoms with Gasteiger partial charge in [-0.3, -0.25) is 0 Å². The molecule has 0 saturated heterocycles. The summed E-state index contributed by atoms with van der Waals surface area (Å²) in [4.78, 5) is 10.8. The fourth-order valence-corrected chi connectivity index (χ4v) is 2.64. The Kier molecular flexibility index (Phi) is 3.96. The zero-order chi connectivity index (χ0) is 13.1. The van der Waals surface area contributed by atoms with Crippen LogP contribution in [0.4, 0.5) is 0 Å². The van der Waals surface area contributed by atoms with Crippen molar-refractivity contribution in [1.29, 1.82) is 0 Å². The van der Waals surface area contributed by atoms with Gasteiger partial charge in [0.15, 0.2) is 5.69 Å². The van der Waals surface area contributed by atoms with E-state index in [9.17, 15) is 9.90 Å². The van der Waals surface area contributed by atoms with E-state index in [2.05, 4.69) is 10.3 Å². The largest absolute Gasteiger partial charge is 0.476 e. The Bertz CT molecular complexity index is 424. The van der Waals surface area contributed by atoms with E-state index in [1.807, 2.05) is 0 Å². The van der Waals surface area contributed by atoms with Crippen LogP contribution in [-0.4, -0.2) is 37.3 Å². The third kappa shape index (κ3) is 2.87. The lowest BCUT2D eigenvalue weighted by Gasteiger charge is -2.15.